The summed E-state index contributed by atoms with van der Waals surface area (Å²) in [7, 11) is 1.53. The number of tetrazole rings is 1. The largest absolute Gasteiger partial charge is 0.375 e. The monoisotopic (exact) mass is 350 g/mol. The van der Waals surface area contributed by atoms with Crippen molar-refractivity contribution in [2.24, 2.45) is 0 Å². The van der Waals surface area contributed by atoms with E-state index in [4.69, 9.17) is 16.3 Å². The van der Waals surface area contributed by atoms with Crippen molar-refractivity contribution in [3.63, 3.8) is 0 Å². The Bertz CT molecular complexity index is 682. The molecule has 2 heterocycles. The number of carbonyl (C=O) groups is 1. The first-order chi connectivity index (χ1) is 11.7. The van der Waals surface area contributed by atoms with Gasteiger partial charge < -0.3 is 9.64 Å². The molecule has 9 heteroatoms. The maximum absolute atomic E-state index is 11.8. The van der Waals surface area contributed by atoms with Gasteiger partial charge in [0.25, 0.3) is 0 Å². The number of methoxy groups -OCH3 is 1. The molecule has 1 aromatic heterocycles. The third-order valence-electron chi connectivity index (χ3n) is 3.96. The number of piperazine rings is 1. The van der Waals surface area contributed by atoms with E-state index >= 15 is 0 Å². The number of hydrogen-bond acceptors (Lipinski definition) is 6. The van der Waals surface area contributed by atoms with Crippen molar-refractivity contribution in [1.82, 2.24) is 30.0 Å². The van der Waals surface area contributed by atoms with Crippen molar-refractivity contribution in [3.8, 4) is 5.69 Å². The predicted molar refractivity (Wildman–Crippen MR) is 87.9 cm³/mol. The Hall–Kier alpha value is -2.03. The number of hydrogen-bond donors (Lipinski definition) is 0. The lowest BCUT2D eigenvalue weighted by Crippen LogP contribution is -2.49. The summed E-state index contributed by atoms with van der Waals surface area (Å²) in [4.78, 5) is 15.9. The fourth-order valence-electron chi connectivity index (χ4n) is 2.66. The van der Waals surface area contributed by atoms with E-state index in [1.165, 1.54) is 7.11 Å². The molecule has 0 bridgehead atoms. The van der Waals surface area contributed by atoms with Crippen molar-refractivity contribution in [2.75, 3.05) is 39.9 Å². The van der Waals surface area contributed by atoms with Crippen LogP contribution in [0.3, 0.4) is 0 Å². The van der Waals surface area contributed by atoms with Crippen LogP contribution in [-0.2, 0) is 16.1 Å². The highest BCUT2D eigenvalue weighted by Crippen LogP contribution is 2.14. The Kier molecular flexibility index (Phi) is 5.39. The SMILES string of the molecule is COCC(=O)N1CCN(Cc2nnnn2-c2ccc(Cl)cc2)CC1. The third kappa shape index (κ3) is 3.89. The molecule has 2 aromatic rings. The van der Waals surface area contributed by atoms with Crippen LogP contribution in [0.1, 0.15) is 5.82 Å². The molecule has 0 spiro atoms. The summed E-state index contributed by atoms with van der Waals surface area (Å²) in [6.07, 6.45) is 0. The first-order valence-corrected chi connectivity index (χ1v) is 8.07. The van der Waals surface area contributed by atoms with Crippen LogP contribution >= 0.6 is 11.6 Å². The van der Waals surface area contributed by atoms with Gasteiger partial charge in [0.1, 0.15) is 6.61 Å². The predicted octanol–water partition coefficient (Wildman–Crippen LogP) is 0.606. The van der Waals surface area contributed by atoms with Gasteiger partial charge in [-0.25, -0.2) is 0 Å². The maximum Gasteiger partial charge on any atom is 0.248 e. The van der Waals surface area contributed by atoms with Gasteiger partial charge in [-0.1, -0.05) is 11.6 Å². The Morgan fingerprint density at radius 2 is 1.92 bits per heavy atom. The van der Waals surface area contributed by atoms with Crippen LogP contribution in [-0.4, -0.2) is 75.8 Å². The van der Waals surface area contributed by atoms with Crippen LogP contribution < -0.4 is 0 Å². The Morgan fingerprint density at radius 3 is 2.58 bits per heavy atom. The Morgan fingerprint density at radius 1 is 1.21 bits per heavy atom. The van der Waals surface area contributed by atoms with E-state index in [1.54, 1.807) is 4.68 Å². The van der Waals surface area contributed by atoms with Crippen LogP contribution in [0.5, 0.6) is 0 Å². The summed E-state index contributed by atoms with van der Waals surface area (Å²) < 4.78 is 6.61. The molecule has 1 saturated heterocycles. The van der Waals surface area contributed by atoms with Crippen LogP contribution in [0.15, 0.2) is 24.3 Å². The Balaban J connectivity index is 1.61. The summed E-state index contributed by atoms with van der Waals surface area (Å²) in [5, 5.41) is 12.6. The highest BCUT2D eigenvalue weighted by Gasteiger charge is 2.22. The lowest BCUT2D eigenvalue weighted by molar-refractivity contribution is -0.136. The van der Waals surface area contributed by atoms with Gasteiger partial charge in [-0.2, -0.15) is 4.68 Å². The molecule has 1 aromatic carbocycles. The fraction of sp³-hybridized carbons (Fsp3) is 0.467. The first-order valence-electron chi connectivity index (χ1n) is 7.69. The van der Waals surface area contributed by atoms with Crippen molar-refractivity contribution < 1.29 is 9.53 Å². The zero-order chi connectivity index (χ0) is 16.9. The number of aromatic nitrogens is 4. The number of amides is 1. The molecule has 1 aliphatic heterocycles. The van der Waals surface area contributed by atoms with E-state index in [9.17, 15) is 4.79 Å². The molecule has 24 heavy (non-hydrogen) atoms. The second-order valence-corrected chi connectivity index (χ2v) is 6.01. The van der Waals surface area contributed by atoms with Crippen LogP contribution in [0.2, 0.25) is 5.02 Å². The topological polar surface area (TPSA) is 76.4 Å². The van der Waals surface area contributed by atoms with Gasteiger partial charge >= 0.3 is 0 Å². The van der Waals surface area contributed by atoms with E-state index in [1.807, 2.05) is 29.2 Å². The molecular weight excluding hydrogens is 332 g/mol. The van der Waals surface area contributed by atoms with Gasteiger partial charge in [0, 0.05) is 38.3 Å². The minimum Gasteiger partial charge on any atom is -0.375 e. The molecule has 3 rings (SSSR count). The van der Waals surface area contributed by atoms with Crippen LogP contribution in [0.4, 0.5) is 0 Å². The lowest BCUT2D eigenvalue weighted by Gasteiger charge is -2.34. The summed E-state index contributed by atoms with van der Waals surface area (Å²) in [6.45, 7) is 3.69. The Labute approximate surface area is 144 Å². The third-order valence-corrected chi connectivity index (χ3v) is 4.22. The summed E-state index contributed by atoms with van der Waals surface area (Å²) in [5.41, 5.74) is 0.869. The van der Waals surface area contributed by atoms with Gasteiger partial charge in [-0.05, 0) is 34.7 Å². The highest BCUT2D eigenvalue weighted by atomic mass is 35.5. The fourth-order valence-corrected chi connectivity index (χ4v) is 2.78. The van der Waals surface area contributed by atoms with Crippen molar-refractivity contribution >= 4 is 17.5 Å². The van der Waals surface area contributed by atoms with Gasteiger partial charge in [0.05, 0.1) is 12.2 Å². The first kappa shape index (κ1) is 16.8. The molecule has 0 saturated carbocycles. The number of rotatable bonds is 5. The molecule has 1 aliphatic rings. The number of benzene rings is 1. The molecule has 8 nitrogen and oxygen atoms in total. The van der Waals surface area contributed by atoms with Crippen LogP contribution in [0, 0.1) is 0 Å². The van der Waals surface area contributed by atoms with Crippen molar-refractivity contribution in [2.45, 2.75) is 6.54 Å². The average Bonchev–Trinajstić information content (AvgIpc) is 3.04. The van der Waals surface area contributed by atoms with Gasteiger partial charge in [-0.15, -0.1) is 5.10 Å². The molecule has 1 amide bonds. The summed E-state index contributed by atoms with van der Waals surface area (Å²) in [6, 6.07) is 7.37. The minimum absolute atomic E-state index is 0.0307. The maximum atomic E-state index is 11.8. The van der Waals surface area contributed by atoms with Gasteiger partial charge in [-0.3, -0.25) is 9.69 Å². The van der Waals surface area contributed by atoms with E-state index in [-0.39, 0.29) is 12.5 Å². The van der Waals surface area contributed by atoms with Crippen LogP contribution in [0.25, 0.3) is 5.69 Å². The lowest BCUT2D eigenvalue weighted by atomic mass is 10.3. The number of halogens is 1. The molecule has 0 atom stereocenters. The molecule has 0 N–H and O–H groups in total. The van der Waals surface area contributed by atoms with Crippen molar-refractivity contribution in [1.29, 1.82) is 0 Å². The summed E-state index contributed by atoms with van der Waals surface area (Å²) in [5.74, 6) is 0.789. The van der Waals surface area contributed by atoms with E-state index in [2.05, 4.69) is 20.4 Å². The molecule has 0 aliphatic carbocycles. The smallest absolute Gasteiger partial charge is 0.248 e. The van der Waals surface area contributed by atoms with E-state index < -0.39 is 0 Å². The molecule has 0 radical (unpaired) electrons. The van der Waals surface area contributed by atoms with E-state index in [0.717, 1.165) is 24.6 Å². The zero-order valence-corrected chi connectivity index (χ0v) is 14.2. The van der Waals surface area contributed by atoms with Crippen molar-refractivity contribution in [3.05, 3.63) is 35.1 Å². The normalized spacial score (nSPS) is 15.7. The van der Waals surface area contributed by atoms with Gasteiger partial charge in [0.2, 0.25) is 5.91 Å². The quantitative estimate of drug-likeness (QED) is 0.786. The number of nitrogens with zero attached hydrogens (tertiary/aromatic N) is 6. The molecule has 0 unspecified atom stereocenters. The standard InChI is InChI=1S/C15H19ClN6O2/c1-24-11-15(23)21-8-6-20(7-9-21)10-14-17-18-19-22(14)13-4-2-12(16)3-5-13/h2-5H,6-11H2,1H3. The average molecular weight is 351 g/mol. The van der Waals surface area contributed by atoms with Gasteiger partial charge in [0.15, 0.2) is 5.82 Å². The molecule has 128 valence electrons. The number of ether oxygens (including phenoxy) is 1. The molecule has 1 fully saturated rings. The highest BCUT2D eigenvalue weighted by molar-refractivity contribution is 6.30. The minimum atomic E-state index is 0.0307. The van der Waals surface area contributed by atoms with E-state index in [0.29, 0.717) is 24.7 Å². The number of carbonyl (C=O) groups excluding carboxylic acids is 1. The molecular formula is C15H19ClN6O2. The summed E-state index contributed by atoms with van der Waals surface area (Å²) >= 11 is 5.92. The second-order valence-electron chi connectivity index (χ2n) is 5.57. The zero-order valence-electron chi connectivity index (χ0n) is 13.4. The second kappa shape index (κ2) is 7.69.